The first kappa shape index (κ1) is 23.9. The molecule has 0 saturated heterocycles. The normalized spacial score (nSPS) is 13.6. The highest BCUT2D eigenvalue weighted by atomic mass is 35.5. The van der Waals surface area contributed by atoms with E-state index in [4.69, 9.17) is 5.73 Å². The summed E-state index contributed by atoms with van der Waals surface area (Å²) in [5.41, 5.74) is 5.89. The molecule has 0 fully saturated rings. The molecule has 146 valence electrons. The number of halogens is 4. The van der Waals surface area contributed by atoms with E-state index in [2.05, 4.69) is 9.72 Å². The zero-order chi connectivity index (χ0) is 18.5. The number of ether oxygens (including phenoxy) is 1. The van der Waals surface area contributed by atoms with Gasteiger partial charge in [-0.2, -0.15) is 13.2 Å². The van der Waals surface area contributed by atoms with Gasteiger partial charge in [-0.3, -0.25) is 0 Å². The molecule has 1 atom stereocenters. The average molecular weight is 406 g/mol. The van der Waals surface area contributed by atoms with E-state index in [1.165, 1.54) is 7.05 Å². The maximum absolute atomic E-state index is 12.4. The number of hydrogen-bond acceptors (Lipinski definition) is 5. The van der Waals surface area contributed by atoms with Crippen LogP contribution in [0.25, 0.3) is 0 Å². The van der Waals surface area contributed by atoms with Crippen LogP contribution in [0.1, 0.15) is 20.3 Å². The summed E-state index contributed by atoms with van der Waals surface area (Å²) in [6, 6.07) is 2.12. The molecule has 0 aliphatic rings. The highest BCUT2D eigenvalue weighted by Gasteiger charge is 2.29. The number of nitrogens with zero attached hydrogens (tertiary/aromatic N) is 2. The Kier molecular flexibility index (Phi) is 9.14. The molecule has 2 N–H and O–H groups in total. The zero-order valence-electron chi connectivity index (χ0n) is 14.2. The third-order valence-electron chi connectivity index (χ3n) is 3.43. The Bertz CT molecular complexity index is 624. The minimum atomic E-state index is -4.48. The van der Waals surface area contributed by atoms with Gasteiger partial charge in [0.15, 0.2) is 6.61 Å². The first-order valence-electron chi connectivity index (χ1n) is 7.31. The van der Waals surface area contributed by atoms with Gasteiger partial charge >= 0.3 is 6.18 Å². The maximum atomic E-state index is 12.4. The fraction of sp³-hybridized carbons (Fsp3) is 0.643. The molecule has 1 aromatic rings. The third-order valence-corrected chi connectivity index (χ3v) is 5.28. The molecular weight excluding hydrogens is 383 g/mol. The van der Waals surface area contributed by atoms with Crippen molar-refractivity contribution in [2.75, 3.05) is 20.2 Å². The number of pyridine rings is 1. The van der Waals surface area contributed by atoms with Crippen molar-refractivity contribution in [1.82, 2.24) is 9.29 Å². The van der Waals surface area contributed by atoms with Crippen LogP contribution in [0.5, 0.6) is 5.88 Å². The Labute approximate surface area is 152 Å². The minimum Gasteiger partial charge on any atom is -0.468 e. The van der Waals surface area contributed by atoms with Gasteiger partial charge in [-0.15, -0.1) is 12.4 Å². The molecule has 0 spiro atoms. The first-order chi connectivity index (χ1) is 10.9. The van der Waals surface area contributed by atoms with E-state index in [1.807, 2.05) is 13.8 Å². The molecule has 0 aliphatic heterocycles. The van der Waals surface area contributed by atoms with Crippen LogP contribution in [0.4, 0.5) is 13.2 Å². The Balaban J connectivity index is 0.00000576. The molecule has 0 aromatic carbocycles. The SMILES string of the molecule is CC(C)C(N)CCN(C)S(=O)(=O)c1ccc(OCC(F)(F)F)nc1.Cl. The fourth-order valence-corrected chi connectivity index (χ4v) is 2.86. The lowest BCUT2D eigenvalue weighted by Crippen LogP contribution is -2.34. The highest BCUT2D eigenvalue weighted by Crippen LogP contribution is 2.19. The van der Waals surface area contributed by atoms with E-state index < -0.39 is 22.8 Å². The standard InChI is InChI=1S/C14H22F3N3O3S.ClH/c1-10(2)12(18)6-7-20(3)24(21,22)11-4-5-13(19-8-11)23-9-14(15,16)17;/h4-5,8,10,12H,6-7,9,18H2,1-3H3;1H. The number of rotatable bonds is 8. The lowest BCUT2D eigenvalue weighted by Gasteiger charge is -2.21. The largest absolute Gasteiger partial charge is 0.468 e. The van der Waals surface area contributed by atoms with E-state index in [-0.39, 0.29) is 41.7 Å². The van der Waals surface area contributed by atoms with Crippen molar-refractivity contribution in [1.29, 1.82) is 0 Å². The Morgan fingerprint density at radius 1 is 1.32 bits per heavy atom. The van der Waals surface area contributed by atoms with Gasteiger partial charge in [0.1, 0.15) is 4.90 Å². The zero-order valence-corrected chi connectivity index (χ0v) is 15.8. The van der Waals surface area contributed by atoms with Gasteiger partial charge in [0, 0.05) is 25.7 Å². The van der Waals surface area contributed by atoms with Crippen LogP contribution in [0, 0.1) is 5.92 Å². The molecule has 25 heavy (non-hydrogen) atoms. The van der Waals surface area contributed by atoms with Crippen molar-refractivity contribution < 1.29 is 26.3 Å². The highest BCUT2D eigenvalue weighted by molar-refractivity contribution is 7.89. The van der Waals surface area contributed by atoms with Crippen LogP contribution in [-0.2, 0) is 10.0 Å². The second kappa shape index (κ2) is 9.56. The van der Waals surface area contributed by atoms with Crippen LogP contribution >= 0.6 is 12.4 Å². The summed E-state index contributed by atoms with van der Waals surface area (Å²) < 4.78 is 66.5. The summed E-state index contributed by atoms with van der Waals surface area (Å²) in [5.74, 6) is -0.0661. The fourth-order valence-electron chi connectivity index (χ4n) is 1.72. The average Bonchev–Trinajstić information content (AvgIpc) is 2.49. The number of alkyl halides is 3. The van der Waals surface area contributed by atoms with Crippen molar-refractivity contribution in [3.8, 4) is 5.88 Å². The van der Waals surface area contributed by atoms with Crippen molar-refractivity contribution in [2.24, 2.45) is 11.7 Å². The van der Waals surface area contributed by atoms with Crippen LogP contribution in [0.2, 0.25) is 0 Å². The van der Waals surface area contributed by atoms with Gasteiger partial charge in [0.05, 0.1) is 6.20 Å². The Hall–Kier alpha value is -1.10. The lowest BCUT2D eigenvalue weighted by atomic mass is 10.0. The predicted octanol–water partition coefficient (Wildman–Crippen LogP) is 2.44. The molecule has 1 heterocycles. The second-order valence-electron chi connectivity index (χ2n) is 5.76. The third kappa shape index (κ3) is 7.76. The van der Waals surface area contributed by atoms with E-state index >= 15 is 0 Å². The van der Waals surface area contributed by atoms with Crippen LogP contribution in [-0.4, -0.2) is 50.1 Å². The molecule has 1 rings (SSSR count). The number of sulfonamides is 1. The van der Waals surface area contributed by atoms with E-state index in [0.717, 1.165) is 22.6 Å². The van der Waals surface area contributed by atoms with Gasteiger partial charge in [0.25, 0.3) is 0 Å². The maximum Gasteiger partial charge on any atom is 0.422 e. The summed E-state index contributed by atoms with van der Waals surface area (Å²) in [6.45, 7) is 2.64. The Morgan fingerprint density at radius 2 is 1.92 bits per heavy atom. The smallest absolute Gasteiger partial charge is 0.422 e. The molecule has 11 heteroatoms. The number of hydrogen-bond donors (Lipinski definition) is 1. The van der Waals surface area contributed by atoms with Crippen molar-refractivity contribution in [3.05, 3.63) is 18.3 Å². The van der Waals surface area contributed by atoms with Crippen molar-refractivity contribution in [3.63, 3.8) is 0 Å². The van der Waals surface area contributed by atoms with Gasteiger partial charge in [0.2, 0.25) is 15.9 Å². The predicted molar refractivity (Wildman–Crippen MR) is 90.3 cm³/mol. The number of aromatic nitrogens is 1. The topological polar surface area (TPSA) is 85.5 Å². The summed E-state index contributed by atoms with van der Waals surface area (Å²) in [6.07, 6.45) is -3.02. The molecule has 0 bridgehead atoms. The summed E-state index contributed by atoms with van der Waals surface area (Å²) >= 11 is 0. The minimum absolute atomic E-state index is 0. The van der Waals surface area contributed by atoms with Crippen molar-refractivity contribution >= 4 is 22.4 Å². The molecule has 0 aliphatic carbocycles. The monoisotopic (exact) mass is 405 g/mol. The lowest BCUT2D eigenvalue weighted by molar-refractivity contribution is -0.154. The van der Waals surface area contributed by atoms with Crippen LogP contribution in [0.15, 0.2) is 23.2 Å². The van der Waals surface area contributed by atoms with Gasteiger partial charge in [-0.25, -0.2) is 17.7 Å². The second-order valence-corrected chi connectivity index (χ2v) is 7.80. The van der Waals surface area contributed by atoms with Crippen LogP contribution in [0.3, 0.4) is 0 Å². The molecule has 0 saturated carbocycles. The van der Waals surface area contributed by atoms with E-state index in [0.29, 0.717) is 6.42 Å². The van der Waals surface area contributed by atoms with Gasteiger partial charge < -0.3 is 10.5 Å². The molecule has 1 unspecified atom stereocenters. The van der Waals surface area contributed by atoms with Crippen LogP contribution < -0.4 is 10.5 Å². The van der Waals surface area contributed by atoms with Gasteiger partial charge in [-0.1, -0.05) is 13.8 Å². The van der Waals surface area contributed by atoms with Crippen molar-refractivity contribution in [2.45, 2.75) is 37.4 Å². The summed E-state index contributed by atoms with van der Waals surface area (Å²) in [7, 11) is -2.37. The Morgan fingerprint density at radius 3 is 2.36 bits per heavy atom. The molecule has 1 aromatic heterocycles. The summed E-state index contributed by atoms with van der Waals surface area (Å²) in [5, 5.41) is 0. The molecule has 0 radical (unpaired) electrons. The molecule has 0 amide bonds. The van der Waals surface area contributed by atoms with E-state index in [9.17, 15) is 21.6 Å². The van der Waals surface area contributed by atoms with E-state index in [1.54, 1.807) is 0 Å². The quantitative estimate of drug-likeness (QED) is 0.718. The molecule has 6 nitrogen and oxygen atoms in total. The molecular formula is C14H23ClF3N3O3S. The summed E-state index contributed by atoms with van der Waals surface area (Å²) in [4.78, 5) is 3.48. The number of nitrogens with two attached hydrogens (primary N) is 1. The van der Waals surface area contributed by atoms with Gasteiger partial charge in [-0.05, 0) is 18.4 Å². The first-order valence-corrected chi connectivity index (χ1v) is 8.75.